The summed E-state index contributed by atoms with van der Waals surface area (Å²) in [6.07, 6.45) is 1.40. The van der Waals surface area contributed by atoms with E-state index >= 15 is 0 Å². The number of phenols is 1. The van der Waals surface area contributed by atoms with Gasteiger partial charge in [-0.2, -0.15) is 0 Å². The molecule has 1 fully saturated rings. The molecule has 0 unspecified atom stereocenters. The lowest BCUT2D eigenvalue weighted by Crippen LogP contribution is -2.34. The summed E-state index contributed by atoms with van der Waals surface area (Å²) in [6, 6.07) is 4.86. The summed E-state index contributed by atoms with van der Waals surface area (Å²) in [5.74, 6) is -1.07. The number of phenolic OH excluding ortho intramolecular Hbond substituents is 1. The van der Waals surface area contributed by atoms with Crippen LogP contribution in [-0.4, -0.2) is 46.9 Å². The van der Waals surface area contributed by atoms with Gasteiger partial charge in [-0.15, -0.1) is 0 Å². The first-order valence-corrected chi connectivity index (χ1v) is 8.15. The standard InChI is InChI=1S/C16H17NO6S/c1-3-22-11-7-5-6-10(14(11)19)8-12-15(20)17(16(21)24-12)9-13(18)23-4-2/h5-8,19H,3-4,9H2,1-2H3/b12-8+. The van der Waals surface area contributed by atoms with Crippen LogP contribution in [0.1, 0.15) is 19.4 Å². The topological polar surface area (TPSA) is 93.1 Å². The minimum atomic E-state index is -0.651. The smallest absolute Gasteiger partial charge is 0.326 e. The van der Waals surface area contributed by atoms with E-state index in [9.17, 15) is 19.5 Å². The molecule has 0 radical (unpaired) electrons. The number of rotatable bonds is 6. The molecule has 2 amide bonds. The first-order chi connectivity index (χ1) is 11.5. The summed E-state index contributed by atoms with van der Waals surface area (Å²) < 4.78 is 10.0. The van der Waals surface area contributed by atoms with Crippen molar-refractivity contribution >= 4 is 35.0 Å². The molecule has 1 aromatic carbocycles. The zero-order chi connectivity index (χ0) is 17.7. The Bertz CT molecular complexity index is 700. The van der Waals surface area contributed by atoms with Crippen LogP contribution in [0.25, 0.3) is 6.08 Å². The number of benzene rings is 1. The van der Waals surface area contributed by atoms with E-state index in [1.165, 1.54) is 6.08 Å². The summed E-state index contributed by atoms with van der Waals surface area (Å²) >= 11 is 0.703. The number of ether oxygens (including phenoxy) is 2. The van der Waals surface area contributed by atoms with Crippen molar-refractivity contribution in [3.63, 3.8) is 0 Å². The number of aromatic hydroxyl groups is 1. The minimum Gasteiger partial charge on any atom is -0.504 e. The van der Waals surface area contributed by atoms with Crippen molar-refractivity contribution in [2.45, 2.75) is 13.8 Å². The fourth-order valence-electron chi connectivity index (χ4n) is 2.04. The van der Waals surface area contributed by atoms with Crippen LogP contribution in [0.3, 0.4) is 0 Å². The first-order valence-electron chi connectivity index (χ1n) is 7.33. The predicted octanol–water partition coefficient (Wildman–Crippen LogP) is 2.39. The maximum atomic E-state index is 12.3. The van der Waals surface area contributed by atoms with Crippen molar-refractivity contribution in [1.29, 1.82) is 0 Å². The van der Waals surface area contributed by atoms with E-state index < -0.39 is 23.7 Å². The summed E-state index contributed by atoms with van der Waals surface area (Å²) in [4.78, 5) is 36.6. The molecule has 0 saturated carbocycles. The lowest BCUT2D eigenvalue weighted by atomic mass is 10.1. The average molecular weight is 351 g/mol. The number of imide groups is 1. The fraction of sp³-hybridized carbons (Fsp3) is 0.312. The van der Waals surface area contributed by atoms with Gasteiger partial charge in [-0.25, -0.2) is 0 Å². The number of amides is 2. The second-order valence-corrected chi connectivity index (χ2v) is 5.69. The van der Waals surface area contributed by atoms with Crippen molar-refractivity contribution < 1.29 is 29.0 Å². The van der Waals surface area contributed by atoms with Gasteiger partial charge >= 0.3 is 5.97 Å². The van der Waals surface area contributed by atoms with Crippen molar-refractivity contribution in [2.75, 3.05) is 19.8 Å². The molecule has 1 aromatic rings. The Morgan fingerprint density at radius 1 is 1.29 bits per heavy atom. The SMILES string of the molecule is CCOC(=O)CN1C(=O)S/C(=C/c2cccc(OCC)c2O)C1=O. The first kappa shape index (κ1) is 17.9. The molecule has 1 heterocycles. The van der Waals surface area contributed by atoms with Crippen LogP contribution in [0.15, 0.2) is 23.1 Å². The number of carbonyl (C=O) groups excluding carboxylic acids is 3. The molecule has 8 heteroatoms. The zero-order valence-corrected chi connectivity index (χ0v) is 14.1. The van der Waals surface area contributed by atoms with Crippen LogP contribution in [0, 0.1) is 0 Å². The molecular formula is C16H17NO6S. The van der Waals surface area contributed by atoms with Crippen molar-refractivity contribution in [3.8, 4) is 11.5 Å². The second-order valence-electron chi connectivity index (χ2n) is 4.70. The highest BCUT2D eigenvalue weighted by Crippen LogP contribution is 2.36. The lowest BCUT2D eigenvalue weighted by Gasteiger charge is -2.11. The third kappa shape index (κ3) is 3.88. The fourth-order valence-corrected chi connectivity index (χ4v) is 2.87. The van der Waals surface area contributed by atoms with E-state index in [-0.39, 0.29) is 23.0 Å². The summed E-state index contributed by atoms with van der Waals surface area (Å²) in [5, 5.41) is 9.60. The van der Waals surface area contributed by atoms with Gasteiger partial charge in [0, 0.05) is 5.56 Å². The number of para-hydroxylation sites is 1. The number of hydrogen-bond donors (Lipinski definition) is 1. The molecule has 0 bridgehead atoms. The highest BCUT2D eigenvalue weighted by molar-refractivity contribution is 8.18. The van der Waals surface area contributed by atoms with Gasteiger partial charge in [-0.1, -0.05) is 12.1 Å². The molecule has 24 heavy (non-hydrogen) atoms. The Kier molecular flexibility index (Phi) is 5.86. The summed E-state index contributed by atoms with van der Waals surface area (Å²) in [5.41, 5.74) is 0.350. The van der Waals surface area contributed by atoms with Crippen LogP contribution >= 0.6 is 11.8 Å². The largest absolute Gasteiger partial charge is 0.504 e. The van der Waals surface area contributed by atoms with Gasteiger partial charge in [0.05, 0.1) is 18.1 Å². The molecule has 7 nitrogen and oxygen atoms in total. The minimum absolute atomic E-state index is 0.114. The molecule has 1 aliphatic heterocycles. The van der Waals surface area contributed by atoms with E-state index in [1.54, 1.807) is 32.0 Å². The Hall–Kier alpha value is -2.48. The van der Waals surface area contributed by atoms with Crippen LogP contribution in [-0.2, 0) is 14.3 Å². The van der Waals surface area contributed by atoms with Crippen LogP contribution in [0.5, 0.6) is 11.5 Å². The van der Waals surface area contributed by atoms with Crippen LogP contribution in [0.4, 0.5) is 4.79 Å². The van der Waals surface area contributed by atoms with E-state index in [0.717, 1.165) is 4.90 Å². The molecule has 128 valence electrons. The quantitative estimate of drug-likeness (QED) is 0.621. The molecule has 1 N–H and O–H groups in total. The van der Waals surface area contributed by atoms with E-state index in [4.69, 9.17) is 9.47 Å². The summed E-state index contributed by atoms with van der Waals surface area (Å²) in [7, 11) is 0. The van der Waals surface area contributed by atoms with Crippen molar-refractivity contribution in [1.82, 2.24) is 4.90 Å². The monoisotopic (exact) mass is 351 g/mol. The van der Waals surface area contributed by atoms with E-state index in [2.05, 4.69) is 0 Å². The summed E-state index contributed by atoms with van der Waals surface area (Å²) in [6.45, 7) is 3.55. The Morgan fingerprint density at radius 3 is 2.71 bits per heavy atom. The van der Waals surface area contributed by atoms with Gasteiger partial charge < -0.3 is 14.6 Å². The maximum absolute atomic E-state index is 12.3. The van der Waals surface area contributed by atoms with Crippen molar-refractivity contribution in [3.05, 3.63) is 28.7 Å². The number of hydrogen-bond acceptors (Lipinski definition) is 7. The molecule has 0 aromatic heterocycles. The van der Waals surface area contributed by atoms with E-state index in [1.807, 2.05) is 0 Å². The molecule has 1 saturated heterocycles. The van der Waals surface area contributed by atoms with Crippen LogP contribution in [0.2, 0.25) is 0 Å². The number of nitrogens with zero attached hydrogens (tertiary/aromatic N) is 1. The molecule has 0 atom stereocenters. The number of esters is 1. The van der Waals surface area contributed by atoms with Gasteiger partial charge in [0.2, 0.25) is 0 Å². The predicted molar refractivity (Wildman–Crippen MR) is 88.6 cm³/mol. The van der Waals surface area contributed by atoms with E-state index in [0.29, 0.717) is 23.9 Å². The van der Waals surface area contributed by atoms with Gasteiger partial charge in [-0.05, 0) is 37.8 Å². The van der Waals surface area contributed by atoms with Gasteiger partial charge in [0.15, 0.2) is 11.5 Å². The van der Waals surface area contributed by atoms with Gasteiger partial charge in [-0.3, -0.25) is 19.3 Å². The molecule has 0 aliphatic carbocycles. The third-order valence-corrected chi connectivity index (χ3v) is 3.99. The molecule has 1 aliphatic rings. The number of carbonyl (C=O) groups is 3. The molecule has 0 spiro atoms. The van der Waals surface area contributed by atoms with Gasteiger partial charge in [0.1, 0.15) is 6.54 Å². The lowest BCUT2D eigenvalue weighted by molar-refractivity contribution is -0.145. The van der Waals surface area contributed by atoms with Crippen molar-refractivity contribution in [2.24, 2.45) is 0 Å². The second kappa shape index (κ2) is 7.87. The van der Waals surface area contributed by atoms with Crippen LogP contribution < -0.4 is 4.74 Å². The zero-order valence-electron chi connectivity index (χ0n) is 13.3. The number of thioether (sulfide) groups is 1. The Balaban J connectivity index is 2.23. The molecular weight excluding hydrogens is 334 g/mol. The normalized spacial score (nSPS) is 15.9. The Morgan fingerprint density at radius 2 is 2.04 bits per heavy atom. The Labute approximate surface area is 143 Å². The molecule has 2 rings (SSSR count). The average Bonchev–Trinajstić information content (AvgIpc) is 2.79. The maximum Gasteiger partial charge on any atom is 0.326 e. The van der Waals surface area contributed by atoms with Gasteiger partial charge in [0.25, 0.3) is 11.1 Å². The highest BCUT2D eigenvalue weighted by Gasteiger charge is 2.36. The third-order valence-electron chi connectivity index (χ3n) is 3.08. The highest BCUT2D eigenvalue weighted by atomic mass is 32.2.